The van der Waals surface area contributed by atoms with Gasteiger partial charge in [-0.1, -0.05) is 12.1 Å². The van der Waals surface area contributed by atoms with Crippen LogP contribution in [0, 0.1) is 15.9 Å². The standard InChI is InChI=1S/C22H26FN3O7/c1-4-25(14-21(27)24-13-15-5-7-16(23)8-6-15)22(28)17-11-19(32-3)20(33-10-9-31-2)12-18(17)26(29)30/h5-8,11-12H,4,9-10,13-14H2,1-3H3,(H,24,27). The monoisotopic (exact) mass is 463 g/mol. The molecular formula is C22H26FN3O7. The van der Waals surface area contributed by atoms with E-state index in [4.69, 9.17) is 14.2 Å². The number of nitrogens with one attached hydrogen (secondary N) is 1. The Labute approximate surface area is 190 Å². The van der Waals surface area contributed by atoms with E-state index < -0.39 is 22.4 Å². The second kappa shape index (κ2) is 12.3. The predicted octanol–water partition coefficient (Wildman–Crippen LogP) is 2.55. The van der Waals surface area contributed by atoms with E-state index in [1.807, 2.05) is 0 Å². The summed E-state index contributed by atoms with van der Waals surface area (Å²) in [5, 5.41) is 14.3. The van der Waals surface area contributed by atoms with E-state index in [0.29, 0.717) is 5.56 Å². The normalized spacial score (nSPS) is 10.4. The third-order valence-corrected chi connectivity index (χ3v) is 4.66. The number of nitrogens with zero attached hydrogens (tertiary/aromatic N) is 2. The van der Waals surface area contributed by atoms with E-state index >= 15 is 0 Å². The molecule has 2 aromatic rings. The Balaban J connectivity index is 2.18. The maximum Gasteiger partial charge on any atom is 0.286 e. The molecule has 0 saturated heterocycles. The van der Waals surface area contributed by atoms with Crippen LogP contribution in [-0.4, -0.2) is 62.2 Å². The highest BCUT2D eigenvalue weighted by Gasteiger charge is 2.28. The first-order valence-electron chi connectivity index (χ1n) is 10.1. The Morgan fingerprint density at radius 2 is 1.82 bits per heavy atom. The number of carbonyl (C=O) groups is 2. The smallest absolute Gasteiger partial charge is 0.286 e. The molecule has 2 aromatic carbocycles. The Bertz CT molecular complexity index is 983. The van der Waals surface area contributed by atoms with Crippen molar-refractivity contribution in [1.82, 2.24) is 10.2 Å². The summed E-state index contributed by atoms with van der Waals surface area (Å²) < 4.78 is 28.6. The number of likely N-dealkylation sites (N-methyl/N-ethyl adjacent to an activating group) is 1. The zero-order valence-corrected chi connectivity index (χ0v) is 18.6. The van der Waals surface area contributed by atoms with Gasteiger partial charge in [0.25, 0.3) is 11.6 Å². The molecule has 0 aliphatic rings. The summed E-state index contributed by atoms with van der Waals surface area (Å²) in [5.74, 6) is -1.33. The van der Waals surface area contributed by atoms with E-state index in [-0.39, 0.29) is 55.7 Å². The molecule has 0 aliphatic carbocycles. The van der Waals surface area contributed by atoms with Gasteiger partial charge in [0, 0.05) is 26.3 Å². The quantitative estimate of drug-likeness (QED) is 0.292. The third kappa shape index (κ3) is 7.14. The molecule has 0 atom stereocenters. The zero-order valence-electron chi connectivity index (χ0n) is 18.6. The van der Waals surface area contributed by atoms with E-state index in [2.05, 4.69) is 5.32 Å². The van der Waals surface area contributed by atoms with Crippen LogP contribution in [0.5, 0.6) is 11.5 Å². The lowest BCUT2D eigenvalue weighted by Gasteiger charge is -2.21. The number of benzene rings is 2. The largest absolute Gasteiger partial charge is 0.493 e. The first kappa shape index (κ1) is 25.5. The van der Waals surface area contributed by atoms with Gasteiger partial charge in [0.1, 0.15) is 18.0 Å². The highest BCUT2D eigenvalue weighted by Crippen LogP contribution is 2.35. The van der Waals surface area contributed by atoms with Crippen LogP contribution in [0.2, 0.25) is 0 Å². The minimum absolute atomic E-state index is 0.0953. The molecular weight excluding hydrogens is 437 g/mol. The van der Waals surface area contributed by atoms with Gasteiger partial charge in [0.05, 0.1) is 31.3 Å². The number of nitro groups is 1. The fourth-order valence-electron chi connectivity index (χ4n) is 2.91. The molecule has 0 aromatic heterocycles. The van der Waals surface area contributed by atoms with Gasteiger partial charge in [-0.25, -0.2) is 4.39 Å². The van der Waals surface area contributed by atoms with Gasteiger partial charge in [-0.15, -0.1) is 0 Å². The summed E-state index contributed by atoms with van der Waals surface area (Å²) in [4.78, 5) is 37.5. The molecule has 2 amide bonds. The SMILES string of the molecule is CCN(CC(=O)NCc1ccc(F)cc1)C(=O)c1cc(OC)c(OCCOC)cc1[N+](=O)[O-]. The molecule has 0 saturated carbocycles. The fraction of sp³-hybridized carbons (Fsp3) is 0.364. The number of carbonyl (C=O) groups excluding carboxylic acids is 2. The van der Waals surface area contributed by atoms with Gasteiger partial charge in [-0.3, -0.25) is 19.7 Å². The van der Waals surface area contributed by atoms with Crippen LogP contribution < -0.4 is 14.8 Å². The number of methoxy groups -OCH3 is 2. The molecule has 10 nitrogen and oxygen atoms in total. The average molecular weight is 463 g/mol. The van der Waals surface area contributed by atoms with Gasteiger partial charge in [-0.2, -0.15) is 0 Å². The van der Waals surface area contributed by atoms with Crippen molar-refractivity contribution in [3.8, 4) is 11.5 Å². The third-order valence-electron chi connectivity index (χ3n) is 4.66. The molecule has 33 heavy (non-hydrogen) atoms. The van der Waals surface area contributed by atoms with Crippen molar-refractivity contribution >= 4 is 17.5 Å². The molecule has 0 radical (unpaired) electrons. The van der Waals surface area contributed by atoms with Crippen molar-refractivity contribution in [2.24, 2.45) is 0 Å². The lowest BCUT2D eigenvalue weighted by molar-refractivity contribution is -0.385. The maximum absolute atomic E-state index is 13.1. The second-order valence-electron chi connectivity index (χ2n) is 6.84. The van der Waals surface area contributed by atoms with Crippen LogP contribution in [-0.2, 0) is 16.1 Å². The first-order valence-corrected chi connectivity index (χ1v) is 10.1. The summed E-state index contributed by atoms with van der Waals surface area (Å²) in [6.45, 7) is 2.00. The van der Waals surface area contributed by atoms with Crippen molar-refractivity contribution in [3.05, 3.63) is 63.5 Å². The molecule has 1 N–H and O–H groups in total. The van der Waals surface area contributed by atoms with Gasteiger partial charge in [0.15, 0.2) is 11.5 Å². The Kier molecular flexibility index (Phi) is 9.55. The predicted molar refractivity (Wildman–Crippen MR) is 117 cm³/mol. The summed E-state index contributed by atoms with van der Waals surface area (Å²) in [6.07, 6.45) is 0. The molecule has 0 spiro atoms. The molecule has 0 heterocycles. The van der Waals surface area contributed by atoms with Crippen molar-refractivity contribution in [2.45, 2.75) is 13.5 Å². The number of rotatable bonds is 12. The highest BCUT2D eigenvalue weighted by molar-refractivity contribution is 6.00. The number of halogens is 1. The second-order valence-corrected chi connectivity index (χ2v) is 6.84. The summed E-state index contributed by atoms with van der Waals surface area (Å²) in [7, 11) is 2.83. The Hall–Kier alpha value is -3.73. The molecule has 0 aliphatic heterocycles. The zero-order chi connectivity index (χ0) is 24.4. The number of amides is 2. The van der Waals surface area contributed by atoms with E-state index in [9.17, 15) is 24.1 Å². The van der Waals surface area contributed by atoms with Crippen LogP contribution >= 0.6 is 0 Å². The van der Waals surface area contributed by atoms with Gasteiger partial charge in [-0.05, 0) is 24.6 Å². The topological polar surface area (TPSA) is 120 Å². The van der Waals surface area contributed by atoms with Crippen molar-refractivity contribution in [2.75, 3.05) is 40.5 Å². The number of nitro benzene ring substituents is 1. The van der Waals surface area contributed by atoms with Crippen molar-refractivity contribution in [3.63, 3.8) is 0 Å². The lowest BCUT2D eigenvalue weighted by Crippen LogP contribution is -2.40. The van der Waals surface area contributed by atoms with Crippen LogP contribution in [0.3, 0.4) is 0 Å². The molecule has 2 rings (SSSR count). The van der Waals surface area contributed by atoms with E-state index in [0.717, 1.165) is 6.07 Å². The molecule has 0 unspecified atom stereocenters. The number of hydrogen-bond donors (Lipinski definition) is 1. The van der Waals surface area contributed by atoms with E-state index in [1.165, 1.54) is 49.5 Å². The van der Waals surface area contributed by atoms with Crippen LogP contribution in [0.25, 0.3) is 0 Å². The van der Waals surface area contributed by atoms with E-state index in [1.54, 1.807) is 6.92 Å². The number of ether oxygens (including phenoxy) is 3. The Morgan fingerprint density at radius 3 is 2.39 bits per heavy atom. The number of hydrogen-bond acceptors (Lipinski definition) is 7. The summed E-state index contributed by atoms with van der Waals surface area (Å²) in [5.41, 5.74) is -0.0222. The first-order chi connectivity index (χ1) is 15.8. The molecule has 11 heteroatoms. The summed E-state index contributed by atoms with van der Waals surface area (Å²) in [6, 6.07) is 7.96. The average Bonchev–Trinajstić information content (AvgIpc) is 2.81. The van der Waals surface area contributed by atoms with Crippen molar-refractivity contribution in [1.29, 1.82) is 0 Å². The van der Waals surface area contributed by atoms with Crippen LogP contribution in [0.1, 0.15) is 22.8 Å². The van der Waals surface area contributed by atoms with Gasteiger partial charge < -0.3 is 24.4 Å². The minimum Gasteiger partial charge on any atom is -0.493 e. The van der Waals surface area contributed by atoms with Crippen LogP contribution in [0.4, 0.5) is 10.1 Å². The Morgan fingerprint density at radius 1 is 1.12 bits per heavy atom. The van der Waals surface area contributed by atoms with Crippen molar-refractivity contribution < 1.29 is 33.1 Å². The molecule has 0 bridgehead atoms. The van der Waals surface area contributed by atoms with Crippen LogP contribution in [0.15, 0.2) is 36.4 Å². The maximum atomic E-state index is 13.1. The van der Waals surface area contributed by atoms with Gasteiger partial charge in [0.2, 0.25) is 5.91 Å². The summed E-state index contributed by atoms with van der Waals surface area (Å²) >= 11 is 0. The van der Waals surface area contributed by atoms with Gasteiger partial charge >= 0.3 is 0 Å². The fourth-order valence-corrected chi connectivity index (χ4v) is 2.91. The highest BCUT2D eigenvalue weighted by atomic mass is 19.1. The minimum atomic E-state index is -0.706. The lowest BCUT2D eigenvalue weighted by atomic mass is 10.1. The molecule has 0 fully saturated rings. The molecule has 178 valence electrons.